The van der Waals surface area contributed by atoms with Crippen LogP contribution >= 0.6 is 0 Å². The van der Waals surface area contributed by atoms with Gasteiger partial charge in [-0.1, -0.05) is 6.92 Å². The average molecular weight is 264 g/mol. The monoisotopic (exact) mass is 264 g/mol. The van der Waals surface area contributed by atoms with Crippen molar-refractivity contribution in [1.29, 1.82) is 0 Å². The van der Waals surface area contributed by atoms with Gasteiger partial charge in [0.15, 0.2) is 0 Å². The molecule has 1 saturated heterocycles. The van der Waals surface area contributed by atoms with Gasteiger partial charge in [-0.15, -0.1) is 0 Å². The first-order valence-corrected chi connectivity index (χ1v) is 7.21. The lowest BCUT2D eigenvalue weighted by molar-refractivity contribution is -0.136. The second-order valence-corrected chi connectivity index (χ2v) is 5.24. The molecule has 0 radical (unpaired) electrons. The first-order valence-electron chi connectivity index (χ1n) is 7.21. The van der Waals surface area contributed by atoms with Crippen LogP contribution in [-0.4, -0.2) is 46.8 Å². The number of aromatic nitrogens is 2. The van der Waals surface area contributed by atoms with Gasteiger partial charge in [-0.25, -0.2) is 0 Å². The minimum Gasteiger partial charge on any atom is -0.341 e. The van der Waals surface area contributed by atoms with Crippen molar-refractivity contribution < 1.29 is 4.79 Å². The van der Waals surface area contributed by atoms with E-state index in [1.54, 1.807) is 10.9 Å². The molecule has 1 N–H and O–H groups in total. The topological polar surface area (TPSA) is 50.2 Å². The fraction of sp³-hybridized carbons (Fsp3) is 0.714. The van der Waals surface area contributed by atoms with Gasteiger partial charge in [-0.2, -0.15) is 5.10 Å². The molecular weight excluding hydrogens is 240 g/mol. The van der Waals surface area contributed by atoms with Crippen LogP contribution in [-0.2, 0) is 4.79 Å². The summed E-state index contributed by atoms with van der Waals surface area (Å²) in [6.45, 7) is 7.90. The van der Waals surface area contributed by atoms with E-state index in [-0.39, 0.29) is 11.9 Å². The SMILES string of the molecule is CCNCC1CCN(C(=O)C(C)n2cccn2)CC1. The molecule has 0 saturated carbocycles. The van der Waals surface area contributed by atoms with E-state index in [1.807, 2.05) is 24.1 Å². The van der Waals surface area contributed by atoms with Gasteiger partial charge in [0.1, 0.15) is 6.04 Å². The summed E-state index contributed by atoms with van der Waals surface area (Å²) in [5.41, 5.74) is 0. The van der Waals surface area contributed by atoms with E-state index in [1.165, 1.54) is 0 Å². The predicted octanol–water partition coefficient (Wildman–Crippen LogP) is 1.29. The summed E-state index contributed by atoms with van der Waals surface area (Å²) >= 11 is 0. The van der Waals surface area contributed by atoms with Crippen molar-refractivity contribution in [3.63, 3.8) is 0 Å². The molecule has 1 unspecified atom stereocenters. The van der Waals surface area contributed by atoms with E-state index < -0.39 is 0 Å². The molecule has 1 aromatic rings. The first kappa shape index (κ1) is 14.1. The zero-order valence-electron chi connectivity index (χ0n) is 11.9. The maximum absolute atomic E-state index is 12.4. The van der Waals surface area contributed by atoms with E-state index in [2.05, 4.69) is 17.3 Å². The number of likely N-dealkylation sites (tertiary alicyclic amines) is 1. The highest BCUT2D eigenvalue weighted by Crippen LogP contribution is 2.19. The van der Waals surface area contributed by atoms with E-state index in [0.29, 0.717) is 5.92 Å². The van der Waals surface area contributed by atoms with E-state index in [0.717, 1.165) is 39.0 Å². The Bertz CT molecular complexity index is 382. The van der Waals surface area contributed by atoms with Crippen LogP contribution in [0.4, 0.5) is 0 Å². The summed E-state index contributed by atoms with van der Waals surface area (Å²) in [6, 6.07) is 1.66. The molecule has 106 valence electrons. The summed E-state index contributed by atoms with van der Waals surface area (Å²) in [7, 11) is 0. The molecule has 1 aliphatic heterocycles. The van der Waals surface area contributed by atoms with Crippen LogP contribution in [0.1, 0.15) is 32.7 Å². The van der Waals surface area contributed by atoms with Gasteiger partial charge in [0.05, 0.1) is 0 Å². The molecular formula is C14H24N4O. The minimum atomic E-state index is -0.194. The summed E-state index contributed by atoms with van der Waals surface area (Å²) < 4.78 is 1.73. The first-order chi connectivity index (χ1) is 9.22. The smallest absolute Gasteiger partial charge is 0.247 e. The van der Waals surface area contributed by atoms with Crippen molar-refractivity contribution in [1.82, 2.24) is 20.0 Å². The van der Waals surface area contributed by atoms with Gasteiger partial charge >= 0.3 is 0 Å². The van der Waals surface area contributed by atoms with Crippen molar-refractivity contribution in [3.8, 4) is 0 Å². The fourth-order valence-electron chi connectivity index (χ4n) is 2.59. The minimum absolute atomic E-state index is 0.186. The number of nitrogens with one attached hydrogen (secondary N) is 1. The Morgan fingerprint density at radius 1 is 1.47 bits per heavy atom. The predicted molar refractivity (Wildman–Crippen MR) is 74.8 cm³/mol. The van der Waals surface area contributed by atoms with E-state index >= 15 is 0 Å². The van der Waals surface area contributed by atoms with Crippen LogP contribution in [0, 0.1) is 5.92 Å². The second kappa shape index (κ2) is 6.70. The molecule has 1 fully saturated rings. The van der Waals surface area contributed by atoms with E-state index in [9.17, 15) is 4.79 Å². The second-order valence-electron chi connectivity index (χ2n) is 5.24. The molecule has 1 aromatic heterocycles. The van der Waals surface area contributed by atoms with Crippen molar-refractivity contribution in [2.75, 3.05) is 26.2 Å². The highest BCUT2D eigenvalue weighted by atomic mass is 16.2. The lowest BCUT2D eigenvalue weighted by Gasteiger charge is -2.33. The van der Waals surface area contributed by atoms with Gasteiger partial charge < -0.3 is 10.2 Å². The number of hydrogen-bond acceptors (Lipinski definition) is 3. The summed E-state index contributed by atoms with van der Waals surface area (Å²) in [6.07, 6.45) is 5.77. The van der Waals surface area contributed by atoms with Gasteiger partial charge in [-0.3, -0.25) is 9.48 Å². The van der Waals surface area contributed by atoms with Crippen LogP contribution in [0.3, 0.4) is 0 Å². The highest BCUT2D eigenvalue weighted by Gasteiger charge is 2.26. The quantitative estimate of drug-likeness (QED) is 0.872. The molecule has 5 nitrogen and oxygen atoms in total. The number of hydrogen-bond donors (Lipinski definition) is 1. The third-order valence-electron chi connectivity index (χ3n) is 3.89. The Balaban J connectivity index is 1.82. The standard InChI is InChI=1S/C14H24N4O/c1-3-15-11-13-5-9-17(10-6-13)14(19)12(2)18-8-4-7-16-18/h4,7-8,12-13,15H,3,5-6,9-11H2,1-2H3. The number of amides is 1. The molecule has 1 atom stereocenters. The van der Waals surface area contributed by atoms with Crippen LogP contribution in [0.5, 0.6) is 0 Å². The highest BCUT2D eigenvalue weighted by molar-refractivity contribution is 5.80. The number of nitrogens with zero attached hydrogens (tertiary/aromatic N) is 3. The van der Waals surface area contributed by atoms with Crippen LogP contribution in [0.25, 0.3) is 0 Å². The Labute approximate surface area is 115 Å². The molecule has 0 aliphatic carbocycles. The Morgan fingerprint density at radius 3 is 2.79 bits per heavy atom. The molecule has 19 heavy (non-hydrogen) atoms. The lowest BCUT2D eigenvalue weighted by atomic mass is 9.96. The lowest BCUT2D eigenvalue weighted by Crippen LogP contribution is -2.43. The average Bonchev–Trinajstić information content (AvgIpc) is 2.98. The van der Waals surface area contributed by atoms with Gasteiger partial charge in [0.2, 0.25) is 5.91 Å². The zero-order valence-corrected chi connectivity index (χ0v) is 11.9. The molecule has 1 aliphatic rings. The van der Waals surface area contributed by atoms with Gasteiger partial charge in [0, 0.05) is 25.5 Å². The third-order valence-corrected chi connectivity index (χ3v) is 3.89. The maximum Gasteiger partial charge on any atom is 0.247 e. The summed E-state index contributed by atoms with van der Waals surface area (Å²) in [5, 5.41) is 7.54. The summed E-state index contributed by atoms with van der Waals surface area (Å²) in [5.74, 6) is 0.898. The molecule has 1 amide bonds. The van der Waals surface area contributed by atoms with E-state index in [4.69, 9.17) is 0 Å². The van der Waals surface area contributed by atoms with Gasteiger partial charge in [-0.05, 0) is 44.8 Å². The molecule has 0 spiro atoms. The van der Waals surface area contributed by atoms with Crippen molar-refractivity contribution in [2.45, 2.75) is 32.7 Å². The fourth-order valence-corrected chi connectivity index (χ4v) is 2.59. The number of rotatable bonds is 5. The van der Waals surface area contributed by atoms with Crippen LogP contribution in [0.15, 0.2) is 18.5 Å². The molecule has 2 rings (SSSR count). The normalized spacial score (nSPS) is 18.5. The number of carbonyl (C=O) groups is 1. The maximum atomic E-state index is 12.4. The third kappa shape index (κ3) is 3.56. The van der Waals surface area contributed by atoms with Gasteiger partial charge in [0.25, 0.3) is 0 Å². The number of carbonyl (C=O) groups excluding carboxylic acids is 1. The Kier molecular flexibility index (Phi) is 4.96. The van der Waals surface area contributed by atoms with Crippen LogP contribution in [0.2, 0.25) is 0 Å². The van der Waals surface area contributed by atoms with Crippen LogP contribution < -0.4 is 5.32 Å². The molecule has 5 heteroatoms. The van der Waals surface area contributed by atoms with Crippen molar-refractivity contribution >= 4 is 5.91 Å². The zero-order chi connectivity index (χ0) is 13.7. The molecule has 0 bridgehead atoms. The Morgan fingerprint density at radius 2 is 2.21 bits per heavy atom. The van der Waals surface area contributed by atoms with Crippen molar-refractivity contribution in [2.24, 2.45) is 5.92 Å². The Hall–Kier alpha value is -1.36. The number of piperidine rings is 1. The molecule has 0 aromatic carbocycles. The van der Waals surface area contributed by atoms with Crippen molar-refractivity contribution in [3.05, 3.63) is 18.5 Å². The molecule has 2 heterocycles. The largest absolute Gasteiger partial charge is 0.341 e. The summed E-state index contributed by atoms with van der Waals surface area (Å²) in [4.78, 5) is 14.3.